The Morgan fingerprint density at radius 2 is 1.95 bits per heavy atom. The number of halogens is 2. The molecule has 0 saturated heterocycles. The van der Waals surface area contributed by atoms with Crippen LogP contribution in [-0.2, 0) is 4.79 Å². The number of rotatable bonds is 3. The fraction of sp³-hybridized carbons (Fsp3) is 0. The molecule has 0 saturated carbocycles. The van der Waals surface area contributed by atoms with E-state index < -0.39 is 5.97 Å². The van der Waals surface area contributed by atoms with Crippen molar-refractivity contribution in [2.75, 3.05) is 0 Å². The molecule has 0 bridgehead atoms. The Bertz CT molecular complexity index is 662. The lowest BCUT2D eigenvalue weighted by Crippen LogP contribution is -1.97. The smallest absolute Gasteiger partial charge is 0.337 e. The van der Waals surface area contributed by atoms with Gasteiger partial charge in [-0.1, -0.05) is 29.3 Å². The minimum Gasteiger partial charge on any atom is -0.506 e. The first-order chi connectivity index (χ1) is 8.97. The number of aliphatic carboxylic acids is 1. The van der Waals surface area contributed by atoms with Gasteiger partial charge in [-0.25, -0.2) is 4.79 Å². The summed E-state index contributed by atoms with van der Waals surface area (Å²) in [5, 5.41) is 18.7. The number of benzene rings is 1. The quantitative estimate of drug-likeness (QED) is 0.826. The average Bonchev–Trinajstić information content (AvgIpc) is 2.76. The molecular formula is C13H8Cl2O3S. The van der Waals surface area contributed by atoms with E-state index in [1.807, 2.05) is 0 Å². The number of phenols is 1. The third-order valence-electron chi connectivity index (χ3n) is 2.35. The number of aromatic hydroxyl groups is 1. The molecule has 1 heterocycles. The lowest BCUT2D eigenvalue weighted by molar-refractivity contribution is -0.130. The summed E-state index contributed by atoms with van der Waals surface area (Å²) in [6.45, 7) is 0. The second-order valence-electron chi connectivity index (χ2n) is 3.68. The van der Waals surface area contributed by atoms with Crippen LogP contribution in [0.15, 0.2) is 30.3 Å². The summed E-state index contributed by atoms with van der Waals surface area (Å²) >= 11 is 12.8. The van der Waals surface area contributed by atoms with Crippen LogP contribution in [-0.4, -0.2) is 16.2 Å². The number of carboxylic acids is 1. The number of hydrogen-bond acceptors (Lipinski definition) is 3. The van der Waals surface area contributed by atoms with E-state index in [4.69, 9.17) is 23.2 Å². The van der Waals surface area contributed by atoms with E-state index in [2.05, 4.69) is 0 Å². The normalized spacial score (nSPS) is 11.6. The molecule has 0 fully saturated rings. The van der Waals surface area contributed by atoms with Crippen molar-refractivity contribution in [3.05, 3.63) is 50.1 Å². The molecule has 0 spiro atoms. The summed E-state index contributed by atoms with van der Waals surface area (Å²) in [7, 11) is 0. The van der Waals surface area contributed by atoms with Crippen molar-refractivity contribution >= 4 is 52.2 Å². The highest BCUT2D eigenvalue weighted by molar-refractivity contribution is 7.17. The van der Waals surface area contributed by atoms with Crippen LogP contribution in [0.25, 0.3) is 11.6 Å². The van der Waals surface area contributed by atoms with E-state index in [9.17, 15) is 15.0 Å². The zero-order chi connectivity index (χ0) is 14.0. The number of thiophene rings is 1. The van der Waals surface area contributed by atoms with Gasteiger partial charge in [0.1, 0.15) is 5.75 Å². The van der Waals surface area contributed by atoms with Crippen LogP contribution in [0.4, 0.5) is 0 Å². The first-order valence-corrected chi connectivity index (χ1v) is 6.74. The SMILES string of the molecule is O=C(O)/C(=C\c1ccc(O)c(Cl)c1)c1ccc(Cl)s1. The van der Waals surface area contributed by atoms with Crippen LogP contribution in [0.1, 0.15) is 10.4 Å². The van der Waals surface area contributed by atoms with E-state index in [1.54, 1.807) is 18.2 Å². The Hall–Kier alpha value is -1.49. The van der Waals surface area contributed by atoms with Crippen LogP contribution >= 0.6 is 34.5 Å². The summed E-state index contributed by atoms with van der Waals surface area (Å²) in [5.41, 5.74) is 0.711. The lowest BCUT2D eigenvalue weighted by atomic mass is 10.1. The van der Waals surface area contributed by atoms with Gasteiger partial charge in [0, 0.05) is 4.88 Å². The molecule has 2 aromatic rings. The Balaban J connectivity index is 2.46. The van der Waals surface area contributed by atoms with E-state index in [-0.39, 0.29) is 16.3 Å². The highest BCUT2D eigenvalue weighted by atomic mass is 35.5. The van der Waals surface area contributed by atoms with Crippen LogP contribution in [0.3, 0.4) is 0 Å². The molecule has 1 aromatic carbocycles. The molecule has 3 nitrogen and oxygen atoms in total. The fourth-order valence-corrected chi connectivity index (χ4v) is 2.72. The molecular weight excluding hydrogens is 307 g/mol. The highest BCUT2D eigenvalue weighted by Gasteiger charge is 2.13. The predicted molar refractivity (Wildman–Crippen MR) is 78.0 cm³/mol. The Kier molecular flexibility index (Phi) is 4.14. The second kappa shape index (κ2) is 5.65. The number of hydrogen-bond donors (Lipinski definition) is 2. The third-order valence-corrected chi connectivity index (χ3v) is 3.92. The summed E-state index contributed by atoms with van der Waals surface area (Å²) in [5.74, 6) is -1.10. The van der Waals surface area contributed by atoms with Gasteiger partial charge in [-0.15, -0.1) is 11.3 Å². The van der Waals surface area contributed by atoms with Crippen LogP contribution < -0.4 is 0 Å². The van der Waals surface area contributed by atoms with Gasteiger partial charge in [-0.2, -0.15) is 0 Å². The van der Waals surface area contributed by atoms with E-state index in [0.29, 0.717) is 14.8 Å². The average molecular weight is 315 g/mol. The first-order valence-electron chi connectivity index (χ1n) is 5.16. The van der Waals surface area contributed by atoms with Crippen molar-refractivity contribution in [2.45, 2.75) is 0 Å². The summed E-state index contributed by atoms with van der Waals surface area (Å²) < 4.78 is 0.519. The highest BCUT2D eigenvalue weighted by Crippen LogP contribution is 2.30. The van der Waals surface area contributed by atoms with Crippen molar-refractivity contribution < 1.29 is 15.0 Å². The van der Waals surface area contributed by atoms with E-state index in [1.165, 1.54) is 29.5 Å². The molecule has 0 aliphatic rings. The molecule has 19 heavy (non-hydrogen) atoms. The first kappa shape index (κ1) is 13.9. The van der Waals surface area contributed by atoms with Gasteiger partial charge < -0.3 is 10.2 Å². The van der Waals surface area contributed by atoms with Crippen molar-refractivity contribution in [1.29, 1.82) is 0 Å². The molecule has 0 amide bonds. The zero-order valence-corrected chi connectivity index (χ0v) is 11.8. The number of carboxylic acid groups (broad SMARTS) is 1. The van der Waals surface area contributed by atoms with Crippen molar-refractivity contribution in [2.24, 2.45) is 0 Å². The largest absolute Gasteiger partial charge is 0.506 e. The molecule has 2 rings (SSSR count). The maximum atomic E-state index is 11.3. The standard InChI is InChI=1S/C13H8Cl2O3S/c14-9-6-7(1-2-10(9)16)5-8(13(17)18)11-3-4-12(15)19-11/h1-6,16H,(H,17,18)/b8-5-. The molecule has 0 aliphatic heterocycles. The van der Waals surface area contributed by atoms with Gasteiger partial charge in [0.25, 0.3) is 0 Å². The number of phenolic OH excluding ortho intramolecular Hbond substituents is 1. The van der Waals surface area contributed by atoms with Gasteiger partial charge in [0.2, 0.25) is 0 Å². The Labute approximate surface area is 123 Å². The summed E-state index contributed by atoms with van der Waals surface area (Å²) in [6.07, 6.45) is 1.48. The molecule has 98 valence electrons. The maximum absolute atomic E-state index is 11.3. The molecule has 0 radical (unpaired) electrons. The van der Waals surface area contributed by atoms with Crippen molar-refractivity contribution in [1.82, 2.24) is 0 Å². The van der Waals surface area contributed by atoms with Crippen LogP contribution in [0, 0.1) is 0 Å². The molecule has 2 N–H and O–H groups in total. The zero-order valence-electron chi connectivity index (χ0n) is 9.43. The third kappa shape index (κ3) is 3.29. The second-order valence-corrected chi connectivity index (χ2v) is 5.80. The number of carbonyl (C=O) groups is 1. The van der Waals surface area contributed by atoms with Gasteiger partial charge in [-0.3, -0.25) is 0 Å². The predicted octanol–water partition coefficient (Wildman–Crippen LogP) is 4.39. The van der Waals surface area contributed by atoms with Gasteiger partial charge in [0.15, 0.2) is 0 Å². The van der Waals surface area contributed by atoms with Crippen molar-refractivity contribution in [3.8, 4) is 5.75 Å². The molecule has 0 unspecified atom stereocenters. The van der Waals surface area contributed by atoms with Gasteiger partial charge >= 0.3 is 5.97 Å². The molecule has 1 aromatic heterocycles. The minimum atomic E-state index is -1.05. The summed E-state index contributed by atoms with van der Waals surface area (Å²) in [6, 6.07) is 7.78. The minimum absolute atomic E-state index is 0.0464. The molecule has 0 atom stereocenters. The van der Waals surface area contributed by atoms with Crippen LogP contribution in [0.2, 0.25) is 9.36 Å². The Morgan fingerprint density at radius 1 is 1.21 bits per heavy atom. The fourth-order valence-electron chi connectivity index (χ4n) is 1.48. The van der Waals surface area contributed by atoms with Gasteiger partial charge in [-0.05, 0) is 35.9 Å². The monoisotopic (exact) mass is 314 g/mol. The molecule has 0 aliphatic carbocycles. The summed E-state index contributed by atoms with van der Waals surface area (Å²) in [4.78, 5) is 11.8. The Morgan fingerprint density at radius 3 is 2.47 bits per heavy atom. The molecule has 6 heteroatoms. The van der Waals surface area contributed by atoms with Crippen LogP contribution in [0.5, 0.6) is 5.75 Å². The van der Waals surface area contributed by atoms with E-state index in [0.717, 1.165) is 0 Å². The lowest BCUT2D eigenvalue weighted by Gasteiger charge is -2.01. The topological polar surface area (TPSA) is 57.5 Å². The van der Waals surface area contributed by atoms with Gasteiger partial charge in [0.05, 0.1) is 14.9 Å². The van der Waals surface area contributed by atoms with Crippen molar-refractivity contribution in [3.63, 3.8) is 0 Å². The van der Waals surface area contributed by atoms with E-state index >= 15 is 0 Å². The maximum Gasteiger partial charge on any atom is 0.337 e.